The van der Waals surface area contributed by atoms with Crippen LogP contribution in [0.25, 0.3) is 0 Å². The SMILES string of the molecule is CN=C(NCc1cccc(CN2CCOC(C)C2)c1)NC1CCN(C(=O)C(C)C)C1.I. The average Bonchev–Trinajstić information content (AvgIpc) is 3.19. The molecule has 0 spiro atoms. The topological polar surface area (TPSA) is 69.2 Å². The van der Waals surface area contributed by atoms with Crippen molar-refractivity contribution in [3.05, 3.63) is 35.4 Å². The minimum Gasteiger partial charge on any atom is -0.376 e. The Morgan fingerprint density at radius 2 is 2.03 bits per heavy atom. The summed E-state index contributed by atoms with van der Waals surface area (Å²) in [6.07, 6.45) is 1.26. The first-order chi connectivity index (χ1) is 14.4. The molecule has 1 amide bonds. The summed E-state index contributed by atoms with van der Waals surface area (Å²) in [5, 5.41) is 6.89. The van der Waals surface area contributed by atoms with Gasteiger partial charge in [0, 0.05) is 58.3 Å². The number of likely N-dealkylation sites (tertiary alicyclic amines) is 1. The second kappa shape index (κ2) is 12.6. The molecule has 2 atom stereocenters. The van der Waals surface area contributed by atoms with E-state index in [0.29, 0.717) is 12.6 Å². The molecule has 2 N–H and O–H groups in total. The van der Waals surface area contributed by atoms with Crippen LogP contribution in [0.4, 0.5) is 0 Å². The average molecular weight is 543 g/mol. The third-order valence-corrected chi connectivity index (χ3v) is 5.74. The lowest BCUT2D eigenvalue weighted by atomic mass is 10.1. The van der Waals surface area contributed by atoms with Gasteiger partial charge in [-0.05, 0) is 24.5 Å². The van der Waals surface area contributed by atoms with Crippen molar-refractivity contribution in [2.24, 2.45) is 10.9 Å². The van der Waals surface area contributed by atoms with Gasteiger partial charge < -0.3 is 20.3 Å². The lowest BCUT2D eigenvalue weighted by Gasteiger charge is -2.31. The number of nitrogens with one attached hydrogen (secondary N) is 2. The molecule has 1 aromatic carbocycles. The van der Waals surface area contributed by atoms with E-state index < -0.39 is 0 Å². The maximum Gasteiger partial charge on any atom is 0.225 e. The van der Waals surface area contributed by atoms with Crippen LogP contribution in [0.1, 0.15) is 38.3 Å². The molecule has 2 fully saturated rings. The summed E-state index contributed by atoms with van der Waals surface area (Å²) >= 11 is 0. The van der Waals surface area contributed by atoms with Gasteiger partial charge in [-0.2, -0.15) is 0 Å². The fourth-order valence-corrected chi connectivity index (χ4v) is 4.15. The molecule has 1 aromatic rings. The molecule has 3 rings (SSSR count). The molecule has 7 nitrogen and oxygen atoms in total. The third kappa shape index (κ3) is 7.91. The molecule has 8 heteroatoms. The van der Waals surface area contributed by atoms with E-state index in [4.69, 9.17) is 4.74 Å². The number of carbonyl (C=O) groups is 1. The monoisotopic (exact) mass is 543 g/mol. The summed E-state index contributed by atoms with van der Waals surface area (Å²) in [5.74, 6) is 1.06. The van der Waals surface area contributed by atoms with Crippen LogP contribution in [0.2, 0.25) is 0 Å². The van der Waals surface area contributed by atoms with Gasteiger partial charge in [0.2, 0.25) is 5.91 Å². The van der Waals surface area contributed by atoms with Crippen molar-refractivity contribution in [1.29, 1.82) is 0 Å². The smallest absolute Gasteiger partial charge is 0.225 e. The van der Waals surface area contributed by atoms with E-state index in [0.717, 1.165) is 51.7 Å². The maximum atomic E-state index is 12.2. The molecule has 0 aromatic heterocycles. The summed E-state index contributed by atoms with van der Waals surface area (Å²) < 4.78 is 5.64. The highest BCUT2D eigenvalue weighted by Gasteiger charge is 2.28. The summed E-state index contributed by atoms with van der Waals surface area (Å²) in [5.41, 5.74) is 2.56. The fraction of sp³-hybridized carbons (Fsp3) is 0.652. The van der Waals surface area contributed by atoms with Crippen LogP contribution in [0.5, 0.6) is 0 Å². The van der Waals surface area contributed by atoms with Crippen molar-refractivity contribution >= 4 is 35.8 Å². The van der Waals surface area contributed by atoms with E-state index in [9.17, 15) is 4.79 Å². The molecule has 174 valence electrons. The van der Waals surface area contributed by atoms with Gasteiger partial charge in [-0.15, -0.1) is 24.0 Å². The number of hydrogen-bond acceptors (Lipinski definition) is 4. The van der Waals surface area contributed by atoms with Crippen LogP contribution in [-0.2, 0) is 22.6 Å². The first kappa shape index (κ1) is 25.9. The summed E-state index contributed by atoms with van der Waals surface area (Å²) in [4.78, 5) is 21.0. The highest BCUT2D eigenvalue weighted by Crippen LogP contribution is 2.14. The van der Waals surface area contributed by atoms with Crippen LogP contribution in [-0.4, -0.2) is 73.6 Å². The second-order valence-corrected chi connectivity index (χ2v) is 8.73. The van der Waals surface area contributed by atoms with E-state index in [1.807, 2.05) is 18.7 Å². The van der Waals surface area contributed by atoms with Crippen molar-refractivity contribution in [2.75, 3.05) is 39.8 Å². The fourth-order valence-electron chi connectivity index (χ4n) is 4.15. The normalized spacial score (nSPS) is 22.4. The Kier molecular flexibility index (Phi) is 10.5. The van der Waals surface area contributed by atoms with E-state index in [-0.39, 0.29) is 41.8 Å². The molecule has 0 aliphatic carbocycles. The van der Waals surface area contributed by atoms with Crippen molar-refractivity contribution < 1.29 is 9.53 Å². The van der Waals surface area contributed by atoms with E-state index in [2.05, 4.69) is 51.7 Å². The summed E-state index contributed by atoms with van der Waals surface area (Å²) in [7, 11) is 1.79. The molecule has 2 unspecified atom stereocenters. The third-order valence-electron chi connectivity index (χ3n) is 5.74. The molecule has 2 aliphatic heterocycles. The number of ether oxygens (including phenoxy) is 1. The second-order valence-electron chi connectivity index (χ2n) is 8.73. The Labute approximate surface area is 204 Å². The van der Waals surface area contributed by atoms with Gasteiger partial charge in [0.15, 0.2) is 5.96 Å². The van der Waals surface area contributed by atoms with E-state index in [1.54, 1.807) is 7.05 Å². The molecular weight excluding hydrogens is 505 g/mol. The molecule has 2 heterocycles. The predicted octanol–water partition coefficient (Wildman–Crippen LogP) is 2.45. The lowest BCUT2D eigenvalue weighted by molar-refractivity contribution is -0.133. The Morgan fingerprint density at radius 3 is 2.74 bits per heavy atom. The maximum absolute atomic E-state index is 12.2. The number of amides is 1. The standard InChI is InChI=1S/C23H37N5O2.HI/c1-17(2)22(29)28-9-8-21(16-28)26-23(24-4)25-13-19-6-5-7-20(12-19)15-27-10-11-30-18(3)14-27;/h5-7,12,17-18,21H,8-11,13-16H2,1-4H3,(H2,24,25,26);1H. The van der Waals surface area contributed by atoms with Crippen molar-refractivity contribution in [3.8, 4) is 0 Å². The lowest BCUT2D eigenvalue weighted by Crippen LogP contribution is -2.45. The number of carbonyl (C=O) groups excluding carboxylic acids is 1. The molecule has 2 aliphatic rings. The zero-order chi connectivity index (χ0) is 21.5. The van der Waals surface area contributed by atoms with Gasteiger partial charge in [0.1, 0.15) is 0 Å². The van der Waals surface area contributed by atoms with Gasteiger partial charge in [-0.3, -0.25) is 14.7 Å². The molecule has 0 radical (unpaired) electrons. The minimum atomic E-state index is 0. The van der Waals surface area contributed by atoms with Crippen molar-refractivity contribution in [2.45, 2.75) is 52.4 Å². The first-order valence-electron chi connectivity index (χ1n) is 11.1. The van der Waals surface area contributed by atoms with Crippen LogP contribution >= 0.6 is 24.0 Å². The molecule has 31 heavy (non-hydrogen) atoms. The number of rotatable bonds is 6. The highest BCUT2D eigenvalue weighted by atomic mass is 127. The Hall–Kier alpha value is -1.39. The number of halogens is 1. The first-order valence-corrected chi connectivity index (χ1v) is 11.1. The van der Waals surface area contributed by atoms with Gasteiger partial charge in [-0.25, -0.2) is 0 Å². The van der Waals surface area contributed by atoms with Gasteiger partial charge in [0.25, 0.3) is 0 Å². The summed E-state index contributed by atoms with van der Waals surface area (Å²) in [6.45, 7) is 12.1. The minimum absolute atomic E-state index is 0. The number of guanidine groups is 1. The molecular formula is C23H38IN5O2. The zero-order valence-electron chi connectivity index (χ0n) is 19.3. The summed E-state index contributed by atoms with van der Waals surface area (Å²) in [6, 6.07) is 8.96. The highest BCUT2D eigenvalue weighted by molar-refractivity contribution is 14.0. The van der Waals surface area contributed by atoms with Crippen molar-refractivity contribution in [3.63, 3.8) is 0 Å². The Bertz CT molecular complexity index is 742. The van der Waals surface area contributed by atoms with Gasteiger partial charge in [0.05, 0.1) is 12.7 Å². The number of benzene rings is 1. The van der Waals surface area contributed by atoms with Crippen LogP contribution in [0, 0.1) is 5.92 Å². The van der Waals surface area contributed by atoms with Crippen LogP contribution in [0.15, 0.2) is 29.3 Å². The van der Waals surface area contributed by atoms with Gasteiger partial charge >= 0.3 is 0 Å². The Morgan fingerprint density at radius 1 is 1.26 bits per heavy atom. The Balaban J connectivity index is 0.00000341. The molecule has 2 saturated heterocycles. The van der Waals surface area contributed by atoms with Gasteiger partial charge in [-0.1, -0.05) is 38.1 Å². The van der Waals surface area contributed by atoms with E-state index >= 15 is 0 Å². The quantitative estimate of drug-likeness (QED) is 0.328. The predicted molar refractivity (Wildman–Crippen MR) is 136 cm³/mol. The number of morpholine rings is 1. The zero-order valence-corrected chi connectivity index (χ0v) is 21.6. The van der Waals surface area contributed by atoms with E-state index in [1.165, 1.54) is 11.1 Å². The van der Waals surface area contributed by atoms with Crippen LogP contribution in [0.3, 0.4) is 0 Å². The molecule has 0 bridgehead atoms. The number of hydrogen-bond donors (Lipinski definition) is 2. The largest absolute Gasteiger partial charge is 0.376 e. The number of nitrogens with zero attached hydrogens (tertiary/aromatic N) is 3. The number of aliphatic imine (C=N–C) groups is 1. The van der Waals surface area contributed by atoms with Crippen molar-refractivity contribution in [1.82, 2.24) is 20.4 Å². The van der Waals surface area contributed by atoms with Crippen LogP contribution < -0.4 is 10.6 Å². The molecule has 0 saturated carbocycles.